The molecule has 1 heterocycles. The Morgan fingerprint density at radius 3 is 2.42 bits per heavy atom. The van der Waals surface area contributed by atoms with Crippen molar-refractivity contribution >= 4 is 17.3 Å². The molecular weight excluding hydrogens is 302 g/mol. The average Bonchev–Trinajstić information content (AvgIpc) is 2.57. The van der Waals surface area contributed by atoms with Crippen LogP contribution in [0.15, 0.2) is 24.3 Å². The van der Waals surface area contributed by atoms with Crippen LogP contribution < -0.4 is 10.2 Å². The van der Waals surface area contributed by atoms with Crippen LogP contribution >= 0.6 is 0 Å². The summed E-state index contributed by atoms with van der Waals surface area (Å²) in [5.41, 5.74) is 2.04. The highest BCUT2D eigenvalue weighted by atomic mass is 16.5. The van der Waals surface area contributed by atoms with Gasteiger partial charge in [-0.2, -0.15) is 0 Å². The topological polar surface area (TPSA) is 44.8 Å². The number of carbonyl (C=O) groups excluding carboxylic acids is 1. The highest BCUT2D eigenvalue weighted by Crippen LogP contribution is 2.20. The summed E-state index contributed by atoms with van der Waals surface area (Å²) in [6.45, 7) is 9.79. The molecule has 0 atom stereocenters. The van der Waals surface area contributed by atoms with Crippen LogP contribution in [0.25, 0.3) is 0 Å². The number of methoxy groups -OCH3 is 1. The van der Waals surface area contributed by atoms with Crippen LogP contribution in [0.3, 0.4) is 0 Å². The summed E-state index contributed by atoms with van der Waals surface area (Å²) >= 11 is 0. The van der Waals surface area contributed by atoms with Crippen molar-refractivity contribution < 1.29 is 9.53 Å². The summed E-state index contributed by atoms with van der Waals surface area (Å²) in [7, 11) is 1.76. The van der Waals surface area contributed by atoms with Crippen LogP contribution in [-0.4, -0.2) is 56.2 Å². The van der Waals surface area contributed by atoms with E-state index in [1.54, 1.807) is 7.11 Å². The number of nitrogens with one attached hydrogen (secondary N) is 1. The molecule has 0 aromatic heterocycles. The predicted molar refractivity (Wildman–Crippen MR) is 99.7 cm³/mol. The van der Waals surface area contributed by atoms with Gasteiger partial charge in [0.05, 0.1) is 12.6 Å². The van der Waals surface area contributed by atoms with Crippen molar-refractivity contribution in [2.24, 2.45) is 0 Å². The van der Waals surface area contributed by atoms with Gasteiger partial charge in [0.2, 0.25) is 5.91 Å². The fourth-order valence-corrected chi connectivity index (χ4v) is 3.29. The molecule has 0 radical (unpaired) electrons. The van der Waals surface area contributed by atoms with Crippen LogP contribution in [0, 0.1) is 0 Å². The number of anilines is 2. The summed E-state index contributed by atoms with van der Waals surface area (Å²) in [5, 5.41) is 3.00. The lowest BCUT2D eigenvalue weighted by atomic mass is 10.1. The molecular formula is C19H31N3O2. The largest absolute Gasteiger partial charge is 0.381 e. The van der Waals surface area contributed by atoms with Gasteiger partial charge in [-0.3, -0.25) is 9.69 Å². The van der Waals surface area contributed by atoms with E-state index in [4.69, 9.17) is 4.74 Å². The molecule has 1 fully saturated rings. The molecule has 134 valence electrons. The standard InChI is InChI=1S/C19H31N3O2/c1-5-22(15(2)3)17-8-6-16(7-9-17)20-19(23)14-21-12-10-18(24-4)11-13-21/h6-9,15,18H,5,10-14H2,1-4H3,(H,20,23). The van der Waals surface area contributed by atoms with Crippen molar-refractivity contribution in [1.29, 1.82) is 0 Å². The molecule has 0 spiro atoms. The molecule has 5 nitrogen and oxygen atoms in total. The Hall–Kier alpha value is -1.59. The van der Waals surface area contributed by atoms with Crippen LogP contribution in [0.5, 0.6) is 0 Å². The normalized spacial score (nSPS) is 16.4. The molecule has 1 saturated heterocycles. The van der Waals surface area contributed by atoms with E-state index < -0.39 is 0 Å². The highest BCUT2D eigenvalue weighted by Gasteiger charge is 2.20. The summed E-state index contributed by atoms with van der Waals surface area (Å²) < 4.78 is 5.37. The van der Waals surface area contributed by atoms with Gasteiger partial charge in [0, 0.05) is 44.2 Å². The van der Waals surface area contributed by atoms with Gasteiger partial charge in [-0.25, -0.2) is 0 Å². The number of ether oxygens (including phenoxy) is 1. The monoisotopic (exact) mass is 333 g/mol. The first-order valence-corrected chi connectivity index (χ1v) is 8.95. The van der Waals surface area contributed by atoms with E-state index in [0.29, 0.717) is 18.7 Å². The maximum absolute atomic E-state index is 12.2. The van der Waals surface area contributed by atoms with E-state index in [2.05, 4.69) is 48.0 Å². The van der Waals surface area contributed by atoms with Crippen molar-refractivity contribution in [3.8, 4) is 0 Å². The average molecular weight is 333 g/mol. The zero-order valence-corrected chi connectivity index (χ0v) is 15.4. The highest BCUT2D eigenvalue weighted by molar-refractivity contribution is 5.92. The summed E-state index contributed by atoms with van der Waals surface area (Å²) in [5.74, 6) is 0.0508. The maximum Gasteiger partial charge on any atom is 0.238 e. The summed E-state index contributed by atoms with van der Waals surface area (Å²) in [6.07, 6.45) is 2.35. The molecule has 2 rings (SSSR count). The molecule has 0 saturated carbocycles. The minimum atomic E-state index is 0.0508. The van der Waals surface area contributed by atoms with E-state index in [1.807, 2.05) is 12.1 Å². The second-order valence-electron chi connectivity index (χ2n) is 6.69. The number of hydrogen-bond acceptors (Lipinski definition) is 4. The van der Waals surface area contributed by atoms with Gasteiger partial charge in [-0.15, -0.1) is 0 Å². The van der Waals surface area contributed by atoms with Crippen molar-refractivity contribution in [3.63, 3.8) is 0 Å². The third-order valence-corrected chi connectivity index (χ3v) is 4.68. The first-order valence-electron chi connectivity index (χ1n) is 8.95. The molecule has 0 aliphatic carbocycles. The Morgan fingerprint density at radius 2 is 1.92 bits per heavy atom. The fraction of sp³-hybridized carbons (Fsp3) is 0.632. The number of nitrogens with zero attached hydrogens (tertiary/aromatic N) is 2. The van der Waals surface area contributed by atoms with Crippen molar-refractivity contribution in [1.82, 2.24) is 4.90 Å². The number of carbonyl (C=O) groups is 1. The minimum Gasteiger partial charge on any atom is -0.381 e. The second-order valence-corrected chi connectivity index (χ2v) is 6.69. The summed E-state index contributed by atoms with van der Waals surface area (Å²) in [4.78, 5) is 16.7. The van der Waals surface area contributed by atoms with Gasteiger partial charge in [0.1, 0.15) is 0 Å². The molecule has 0 bridgehead atoms. The Balaban J connectivity index is 1.84. The van der Waals surface area contributed by atoms with Crippen molar-refractivity contribution in [3.05, 3.63) is 24.3 Å². The third-order valence-electron chi connectivity index (χ3n) is 4.68. The first-order chi connectivity index (χ1) is 11.5. The maximum atomic E-state index is 12.2. The molecule has 24 heavy (non-hydrogen) atoms. The molecule has 1 amide bonds. The Morgan fingerprint density at radius 1 is 1.29 bits per heavy atom. The molecule has 1 aromatic carbocycles. The predicted octanol–water partition coefficient (Wildman–Crippen LogP) is 2.97. The van der Waals surface area contributed by atoms with Crippen LogP contribution in [0.1, 0.15) is 33.6 Å². The van der Waals surface area contributed by atoms with Gasteiger partial charge in [0.25, 0.3) is 0 Å². The van der Waals surface area contributed by atoms with Crippen LogP contribution in [0.2, 0.25) is 0 Å². The fourth-order valence-electron chi connectivity index (χ4n) is 3.29. The molecule has 5 heteroatoms. The smallest absolute Gasteiger partial charge is 0.238 e. The van der Waals surface area contributed by atoms with Gasteiger partial charge < -0.3 is 15.0 Å². The zero-order valence-electron chi connectivity index (χ0n) is 15.4. The molecule has 0 unspecified atom stereocenters. The number of benzene rings is 1. The molecule has 1 aliphatic rings. The quantitative estimate of drug-likeness (QED) is 0.833. The molecule has 1 N–H and O–H groups in total. The third kappa shape index (κ3) is 5.21. The number of rotatable bonds is 7. The van der Waals surface area contributed by atoms with E-state index >= 15 is 0 Å². The van der Waals surface area contributed by atoms with E-state index in [-0.39, 0.29) is 5.91 Å². The van der Waals surface area contributed by atoms with E-state index in [0.717, 1.165) is 38.2 Å². The Kier molecular flexibility index (Phi) is 7.06. The minimum absolute atomic E-state index is 0.0508. The van der Waals surface area contributed by atoms with Crippen LogP contribution in [-0.2, 0) is 9.53 Å². The Labute approximate surface area is 146 Å². The number of hydrogen-bond donors (Lipinski definition) is 1. The second kappa shape index (κ2) is 9.04. The van der Waals surface area contributed by atoms with Gasteiger partial charge in [-0.05, 0) is 57.9 Å². The van der Waals surface area contributed by atoms with Crippen molar-refractivity contribution in [2.45, 2.75) is 45.8 Å². The zero-order chi connectivity index (χ0) is 17.5. The van der Waals surface area contributed by atoms with E-state index in [1.165, 1.54) is 5.69 Å². The van der Waals surface area contributed by atoms with Crippen LogP contribution in [0.4, 0.5) is 11.4 Å². The van der Waals surface area contributed by atoms with Gasteiger partial charge >= 0.3 is 0 Å². The lowest BCUT2D eigenvalue weighted by molar-refractivity contribution is -0.117. The number of likely N-dealkylation sites (tertiary alicyclic amines) is 1. The lowest BCUT2D eigenvalue weighted by Gasteiger charge is -2.30. The van der Waals surface area contributed by atoms with Gasteiger partial charge in [-0.1, -0.05) is 0 Å². The van der Waals surface area contributed by atoms with Gasteiger partial charge in [0.15, 0.2) is 0 Å². The lowest BCUT2D eigenvalue weighted by Crippen LogP contribution is -2.41. The SMILES string of the molecule is CCN(c1ccc(NC(=O)CN2CCC(OC)CC2)cc1)C(C)C. The Bertz CT molecular complexity index is 508. The molecule has 1 aliphatic heterocycles. The number of piperidine rings is 1. The number of amides is 1. The van der Waals surface area contributed by atoms with Crippen molar-refractivity contribution in [2.75, 3.05) is 43.5 Å². The van der Waals surface area contributed by atoms with E-state index in [9.17, 15) is 4.79 Å². The first kappa shape index (κ1) is 18.7. The summed E-state index contributed by atoms with van der Waals surface area (Å²) in [6, 6.07) is 8.57. The molecule has 1 aromatic rings.